The van der Waals surface area contributed by atoms with Crippen LogP contribution in [0.4, 0.5) is 0 Å². The first-order valence-corrected chi connectivity index (χ1v) is 7.51. The van der Waals surface area contributed by atoms with Crippen molar-refractivity contribution >= 4 is 0 Å². The molecule has 0 aliphatic carbocycles. The Morgan fingerprint density at radius 3 is 2.42 bits per heavy atom. The minimum Gasteiger partial charge on any atom is -0.382 e. The van der Waals surface area contributed by atoms with E-state index in [2.05, 4.69) is 57.3 Å². The summed E-state index contributed by atoms with van der Waals surface area (Å²) in [6.45, 7) is 11.3. The lowest BCUT2D eigenvalue weighted by Gasteiger charge is -2.20. The average Bonchev–Trinajstić information content (AvgIpc) is 2.39. The van der Waals surface area contributed by atoms with Gasteiger partial charge in [0.2, 0.25) is 0 Å². The van der Waals surface area contributed by atoms with Gasteiger partial charge in [0.05, 0.1) is 0 Å². The van der Waals surface area contributed by atoms with Crippen LogP contribution < -0.4 is 5.32 Å². The molecule has 108 valence electrons. The standard InChI is InChI=1S/C17H29NO/c1-5-19-12-6-7-17(13-18-14(2)3)16-10-8-15(4)9-11-16/h8-11,14,17-18H,5-7,12-13H2,1-4H3. The van der Waals surface area contributed by atoms with Crippen LogP contribution in [0.5, 0.6) is 0 Å². The molecule has 0 fully saturated rings. The molecule has 0 bridgehead atoms. The summed E-state index contributed by atoms with van der Waals surface area (Å²) in [5.74, 6) is 0.587. The van der Waals surface area contributed by atoms with Gasteiger partial charge < -0.3 is 10.1 Å². The fraction of sp³-hybridized carbons (Fsp3) is 0.647. The second-order valence-electron chi connectivity index (χ2n) is 5.51. The maximum Gasteiger partial charge on any atom is 0.0466 e. The molecule has 1 atom stereocenters. The number of rotatable bonds is 9. The SMILES string of the molecule is CCOCCCC(CNC(C)C)c1ccc(C)cc1. The lowest BCUT2D eigenvalue weighted by Crippen LogP contribution is -2.28. The molecule has 1 unspecified atom stereocenters. The summed E-state index contributed by atoms with van der Waals surface area (Å²) in [6, 6.07) is 9.49. The molecule has 0 heterocycles. The molecule has 0 saturated heterocycles. The number of hydrogen-bond donors (Lipinski definition) is 1. The van der Waals surface area contributed by atoms with Gasteiger partial charge in [-0.05, 0) is 38.2 Å². The minimum absolute atomic E-state index is 0.542. The summed E-state index contributed by atoms with van der Waals surface area (Å²) in [4.78, 5) is 0. The van der Waals surface area contributed by atoms with Gasteiger partial charge in [0, 0.05) is 25.8 Å². The average molecular weight is 263 g/mol. The van der Waals surface area contributed by atoms with Crippen molar-refractivity contribution in [2.24, 2.45) is 0 Å². The molecule has 2 nitrogen and oxygen atoms in total. The highest BCUT2D eigenvalue weighted by molar-refractivity contribution is 5.24. The number of hydrogen-bond acceptors (Lipinski definition) is 2. The highest BCUT2D eigenvalue weighted by Crippen LogP contribution is 2.21. The predicted molar refractivity (Wildman–Crippen MR) is 82.8 cm³/mol. The first kappa shape index (κ1) is 16.2. The van der Waals surface area contributed by atoms with Crippen LogP contribution in [0.1, 0.15) is 50.7 Å². The van der Waals surface area contributed by atoms with Gasteiger partial charge in [-0.1, -0.05) is 43.7 Å². The second-order valence-corrected chi connectivity index (χ2v) is 5.51. The van der Waals surface area contributed by atoms with E-state index in [9.17, 15) is 0 Å². The molecule has 0 saturated carbocycles. The Labute approximate surface area is 118 Å². The van der Waals surface area contributed by atoms with Crippen molar-refractivity contribution < 1.29 is 4.74 Å². The van der Waals surface area contributed by atoms with Crippen molar-refractivity contribution in [3.05, 3.63) is 35.4 Å². The van der Waals surface area contributed by atoms with Crippen LogP contribution in [0.15, 0.2) is 24.3 Å². The Hall–Kier alpha value is -0.860. The maximum absolute atomic E-state index is 5.44. The number of benzene rings is 1. The van der Waals surface area contributed by atoms with Crippen LogP contribution in [0, 0.1) is 6.92 Å². The molecule has 0 radical (unpaired) electrons. The van der Waals surface area contributed by atoms with Gasteiger partial charge in [-0.3, -0.25) is 0 Å². The molecule has 0 spiro atoms. The molecule has 1 rings (SSSR count). The largest absolute Gasteiger partial charge is 0.382 e. The summed E-state index contributed by atoms with van der Waals surface area (Å²) < 4.78 is 5.44. The third-order valence-corrected chi connectivity index (χ3v) is 3.37. The van der Waals surface area contributed by atoms with Crippen molar-refractivity contribution in [2.75, 3.05) is 19.8 Å². The molecule has 0 aliphatic rings. The highest BCUT2D eigenvalue weighted by atomic mass is 16.5. The topological polar surface area (TPSA) is 21.3 Å². The van der Waals surface area contributed by atoms with Gasteiger partial charge in [-0.25, -0.2) is 0 Å². The van der Waals surface area contributed by atoms with Crippen LogP contribution in [0.25, 0.3) is 0 Å². The fourth-order valence-corrected chi connectivity index (χ4v) is 2.18. The van der Waals surface area contributed by atoms with Crippen molar-refractivity contribution in [3.63, 3.8) is 0 Å². The number of aryl methyl sites for hydroxylation is 1. The Balaban J connectivity index is 2.54. The Morgan fingerprint density at radius 1 is 1.16 bits per heavy atom. The van der Waals surface area contributed by atoms with E-state index in [0.717, 1.165) is 26.2 Å². The van der Waals surface area contributed by atoms with Crippen LogP contribution in [0.2, 0.25) is 0 Å². The lowest BCUT2D eigenvalue weighted by atomic mass is 9.93. The monoisotopic (exact) mass is 263 g/mol. The molecule has 1 N–H and O–H groups in total. The summed E-state index contributed by atoms with van der Waals surface area (Å²) in [5, 5.41) is 3.56. The van der Waals surface area contributed by atoms with Crippen LogP contribution in [-0.4, -0.2) is 25.8 Å². The molecular formula is C17H29NO. The molecular weight excluding hydrogens is 234 g/mol. The van der Waals surface area contributed by atoms with E-state index in [1.165, 1.54) is 17.5 Å². The zero-order valence-corrected chi connectivity index (χ0v) is 12.9. The molecule has 2 heteroatoms. The van der Waals surface area contributed by atoms with E-state index in [1.807, 2.05) is 0 Å². The molecule has 0 amide bonds. The highest BCUT2D eigenvalue weighted by Gasteiger charge is 2.11. The smallest absolute Gasteiger partial charge is 0.0466 e. The second kappa shape index (κ2) is 9.11. The lowest BCUT2D eigenvalue weighted by molar-refractivity contribution is 0.141. The van der Waals surface area contributed by atoms with Crippen molar-refractivity contribution in [1.82, 2.24) is 5.32 Å². The van der Waals surface area contributed by atoms with Gasteiger partial charge >= 0.3 is 0 Å². The molecule has 19 heavy (non-hydrogen) atoms. The molecule has 1 aromatic carbocycles. The quantitative estimate of drug-likeness (QED) is 0.682. The van der Waals surface area contributed by atoms with E-state index in [4.69, 9.17) is 4.74 Å². The molecule has 1 aromatic rings. The van der Waals surface area contributed by atoms with Crippen molar-refractivity contribution in [1.29, 1.82) is 0 Å². The van der Waals surface area contributed by atoms with Gasteiger partial charge in [-0.15, -0.1) is 0 Å². The summed E-state index contributed by atoms with van der Waals surface area (Å²) in [5.41, 5.74) is 2.77. The van der Waals surface area contributed by atoms with E-state index in [1.54, 1.807) is 0 Å². The Morgan fingerprint density at radius 2 is 1.84 bits per heavy atom. The van der Waals surface area contributed by atoms with E-state index >= 15 is 0 Å². The summed E-state index contributed by atoms with van der Waals surface area (Å²) in [7, 11) is 0. The van der Waals surface area contributed by atoms with Crippen molar-refractivity contribution in [2.45, 2.75) is 52.5 Å². The van der Waals surface area contributed by atoms with Crippen molar-refractivity contribution in [3.8, 4) is 0 Å². The first-order valence-electron chi connectivity index (χ1n) is 7.51. The van der Waals surface area contributed by atoms with Gasteiger partial charge in [0.15, 0.2) is 0 Å². The van der Waals surface area contributed by atoms with Crippen LogP contribution in [-0.2, 0) is 4.74 Å². The normalized spacial score (nSPS) is 12.9. The van der Waals surface area contributed by atoms with E-state index in [0.29, 0.717) is 12.0 Å². The fourth-order valence-electron chi connectivity index (χ4n) is 2.18. The molecule has 0 aromatic heterocycles. The summed E-state index contributed by atoms with van der Waals surface area (Å²) in [6.07, 6.45) is 2.31. The van der Waals surface area contributed by atoms with Crippen LogP contribution in [0.3, 0.4) is 0 Å². The molecule has 0 aliphatic heterocycles. The zero-order valence-electron chi connectivity index (χ0n) is 12.9. The minimum atomic E-state index is 0.542. The maximum atomic E-state index is 5.44. The summed E-state index contributed by atoms with van der Waals surface area (Å²) >= 11 is 0. The van der Waals surface area contributed by atoms with Gasteiger partial charge in [-0.2, -0.15) is 0 Å². The predicted octanol–water partition coefficient (Wildman–Crippen LogP) is 3.89. The Kier molecular flexibility index (Phi) is 7.76. The van der Waals surface area contributed by atoms with Gasteiger partial charge in [0.25, 0.3) is 0 Å². The number of nitrogens with one attached hydrogen (secondary N) is 1. The first-order chi connectivity index (χ1) is 9.13. The van der Waals surface area contributed by atoms with Gasteiger partial charge in [0.1, 0.15) is 0 Å². The third kappa shape index (κ3) is 6.74. The zero-order chi connectivity index (χ0) is 14.1. The van der Waals surface area contributed by atoms with E-state index in [-0.39, 0.29) is 0 Å². The van der Waals surface area contributed by atoms with E-state index < -0.39 is 0 Å². The Bertz CT molecular complexity index is 332. The third-order valence-electron chi connectivity index (χ3n) is 3.37. The van der Waals surface area contributed by atoms with Crippen LogP contribution >= 0.6 is 0 Å². The number of ether oxygens (including phenoxy) is 1.